The van der Waals surface area contributed by atoms with Gasteiger partial charge in [-0.2, -0.15) is 0 Å². The van der Waals surface area contributed by atoms with Crippen molar-refractivity contribution in [2.45, 2.75) is 52.5 Å². The number of nitrogens with two attached hydrogens (primary N) is 1. The Balaban J connectivity index is 2.38. The number of nitrogens with one attached hydrogen (secondary N) is 1. The number of sulfonamides is 1. The van der Waals surface area contributed by atoms with Gasteiger partial charge < -0.3 is 10.6 Å². The third-order valence-corrected chi connectivity index (χ3v) is 6.51. The third-order valence-electron chi connectivity index (χ3n) is 5.20. The fraction of sp³-hybridized carbons (Fsp3) is 0.722. The number of carbonyl (C=O) groups excluding carboxylic acids is 1. The second kappa shape index (κ2) is 9.57. The highest BCUT2D eigenvalue weighted by atomic mass is 32.2. The highest BCUT2D eigenvalue weighted by Gasteiger charge is 2.33. The molecule has 0 aliphatic carbocycles. The number of anilines is 2. The molecule has 164 valence electrons. The Bertz CT molecular complexity index is 944. The number of amides is 1. The second-order valence-electron chi connectivity index (χ2n) is 7.42. The molecule has 0 spiro atoms. The Labute approximate surface area is 170 Å². The van der Waals surface area contributed by atoms with Gasteiger partial charge in [-0.1, -0.05) is 20.3 Å². The van der Waals surface area contributed by atoms with Crippen LogP contribution in [0.15, 0.2) is 9.59 Å². The second-order valence-corrected chi connectivity index (χ2v) is 9.41. The first-order valence-corrected chi connectivity index (χ1v) is 11.9. The van der Waals surface area contributed by atoms with Crippen molar-refractivity contribution in [2.75, 3.05) is 36.5 Å². The maximum atomic E-state index is 13.3. The zero-order valence-corrected chi connectivity index (χ0v) is 18.1. The van der Waals surface area contributed by atoms with E-state index in [1.807, 2.05) is 13.8 Å². The van der Waals surface area contributed by atoms with Crippen molar-refractivity contribution < 1.29 is 13.2 Å². The topological polar surface area (TPSA) is 139 Å². The molecule has 1 aliphatic rings. The van der Waals surface area contributed by atoms with E-state index in [1.165, 1.54) is 13.8 Å². The summed E-state index contributed by atoms with van der Waals surface area (Å²) >= 11 is 0. The summed E-state index contributed by atoms with van der Waals surface area (Å²) in [5.74, 6) is -0.681. The first kappa shape index (κ1) is 23.1. The van der Waals surface area contributed by atoms with Gasteiger partial charge in [0.15, 0.2) is 5.69 Å². The van der Waals surface area contributed by atoms with Gasteiger partial charge in [0.2, 0.25) is 15.9 Å². The van der Waals surface area contributed by atoms with Crippen LogP contribution in [0.2, 0.25) is 0 Å². The van der Waals surface area contributed by atoms with E-state index in [1.54, 1.807) is 0 Å². The van der Waals surface area contributed by atoms with Gasteiger partial charge in [-0.25, -0.2) is 17.5 Å². The van der Waals surface area contributed by atoms with Gasteiger partial charge in [0, 0.05) is 32.1 Å². The number of nitrogens with zero attached hydrogens (tertiary/aromatic N) is 3. The van der Waals surface area contributed by atoms with Crippen LogP contribution in [0.4, 0.5) is 11.5 Å². The van der Waals surface area contributed by atoms with Gasteiger partial charge in [-0.3, -0.25) is 19.1 Å². The maximum Gasteiger partial charge on any atom is 0.330 e. The number of piperidine rings is 1. The molecule has 0 bridgehead atoms. The zero-order valence-electron chi connectivity index (χ0n) is 17.3. The highest BCUT2D eigenvalue weighted by molar-refractivity contribution is 7.88. The minimum absolute atomic E-state index is 0.00189. The molecule has 1 aromatic rings. The minimum atomic E-state index is -3.30. The van der Waals surface area contributed by atoms with E-state index in [9.17, 15) is 22.8 Å². The summed E-state index contributed by atoms with van der Waals surface area (Å²) in [6.07, 6.45) is 4.02. The van der Waals surface area contributed by atoms with Crippen molar-refractivity contribution >= 4 is 27.4 Å². The normalized spacial score (nSPS) is 16.1. The van der Waals surface area contributed by atoms with Crippen LogP contribution in [0.1, 0.15) is 46.0 Å². The molecule has 2 heterocycles. The van der Waals surface area contributed by atoms with Crippen molar-refractivity contribution in [3.05, 3.63) is 20.8 Å². The molecule has 0 atom stereocenters. The lowest BCUT2D eigenvalue weighted by Gasteiger charge is -2.33. The van der Waals surface area contributed by atoms with E-state index in [0.717, 1.165) is 12.7 Å². The molecule has 1 saturated heterocycles. The Hall–Kier alpha value is -2.14. The molecular formula is C18H31N5O5S. The lowest BCUT2D eigenvalue weighted by Crippen LogP contribution is -2.47. The summed E-state index contributed by atoms with van der Waals surface area (Å²) in [7, 11) is -3.30. The molecule has 0 saturated carbocycles. The van der Waals surface area contributed by atoms with E-state index in [4.69, 9.17) is 5.73 Å². The van der Waals surface area contributed by atoms with Crippen LogP contribution in [0.3, 0.4) is 0 Å². The van der Waals surface area contributed by atoms with Gasteiger partial charge in [-0.15, -0.1) is 0 Å². The van der Waals surface area contributed by atoms with E-state index in [2.05, 4.69) is 4.98 Å². The van der Waals surface area contributed by atoms with E-state index in [0.29, 0.717) is 38.8 Å². The number of hydrogen-bond donors (Lipinski definition) is 2. The van der Waals surface area contributed by atoms with Crippen LogP contribution in [0.25, 0.3) is 0 Å². The quantitative estimate of drug-likeness (QED) is 0.611. The first-order chi connectivity index (χ1) is 13.6. The monoisotopic (exact) mass is 429 g/mol. The van der Waals surface area contributed by atoms with E-state index >= 15 is 0 Å². The number of aromatic amines is 1. The van der Waals surface area contributed by atoms with Gasteiger partial charge in [0.05, 0.1) is 6.26 Å². The fourth-order valence-corrected chi connectivity index (χ4v) is 4.46. The summed E-state index contributed by atoms with van der Waals surface area (Å²) < 4.78 is 26.1. The van der Waals surface area contributed by atoms with Crippen molar-refractivity contribution in [2.24, 2.45) is 5.92 Å². The molecule has 1 aliphatic heterocycles. The van der Waals surface area contributed by atoms with Crippen molar-refractivity contribution in [1.82, 2.24) is 13.9 Å². The molecule has 0 unspecified atom stereocenters. The number of H-pyrrole nitrogens is 1. The summed E-state index contributed by atoms with van der Waals surface area (Å²) in [4.78, 5) is 41.6. The molecule has 1 amide bonds. The Morgan fingerprint density at radius 3 is 2.34 bits per heavy atom. The number of unbranched alkanes of at least 4 members (excludes halogenated alkanes) is 1. The van der Waals surface area contributed by atoms with Crippen molar-refractivity contribution in [3.63, 3.8) is 0 Å². The largest absolute Gasteiger partial charge is 0.383 e. The van der Waals surface area contributed by atoms with Crippen LogP contribution in [0.5, 0.6) is 0 Å². The fourth-order valence-electron chi connectivity index (χ4n) is 3.59. The van der Waals surface area contributed by atoms with Gasteiger partial charge in [0.1, 0.15) is 5.82 Å². The van der Waals surface area contributed by atoms with Crippen LogP contribution in [-0.2, 0) is 21.4 Å². The van der Waals surface area contributed by atoms with Crippen LogP contribution in [-0.4, -0.2) is 54.1 Å². The van der Waals surface area contributed by atoms with Crippen molar-refractivity contribution in [3.8, 4) is 0 Å². The molecule has 1 aromatic heterocycles. The van der Waals surface area contributed by atoms with Gasteiger partial charge in [0.25, 0.3) is 5.56 Å². The average molecular weight is 430 g/mol. The molecule has 29 heavy (non-hydrogen) atoms. The third kappa shape index (κ3) is 5.27. The molecule has 11 heteroatoms. The smallest absolute Gasteiger partial charge is 0.330 e. The number of rotatable bonds is 8. The number of nitrogen functional groups attached to an aromatic ring is 1. The zero-order chi connectivity index (χ0) is 21.8. The Kier molecular flexibility index (Phi) is 7.64. The lowest BCUT2D eigenvalue weighted by atomic mass is 9.96. The molecule has 10 nitrogen and oxygen atoms in total. The first-order valence-electron chi connectivity index (χ1n) is 10.0. The van der Waals surface area contributed by atoms with Crippen LogP contribution >= 0.6 is 0 Å². The highest BCUT2D eigenvalue weighted by Crippen LogP contribution is 2.26. The number of carbonyl (C=O) groups is 1. The summed E-state index contributed by atoms with van der Waals surface area (Å²) in [6.45, 7) is 5.01. The van der Waals surface area contributed by atoms with Crippen LogP contribution in [0, 0.1) is 5.92 Å². The van der Waals surface area contributed by atoms with E-state index in [-0.39, 0.29) is 30.5 Å². The van der Waals surface area contributed by atoms with Crippen molar-refractivity contribution in [1.29, 1.82) is 0 Å². The molecule has 1 fully saturated rings. The molecule has 0 aromatic carbocycles. The average Bonchev–Trinajstić information content (AvgIpc) is 2.66. The van der Waals surface area contributed by atoms with Gasteiger partial charge >= 0.3 is 5.69 Å². The number of aromatic nitrogens is 2. The summed E-state index contributed by atoms with van der Waals surface area (Å²) in [6, 6.07) is 0. The lowest BCUT2D eigenvalue weighted by molar-refractivity contribution is -0.123. The molecule has 0 radical (unpaired) electrons. The summed E-state index contributed by atoms with van der Waals surface area (Å²) in [5, 5.41) is 0. The predicted molar refractivity (Wildman–Crippen MR) is 112 cm³/mol. The summed E-state index contributed by atoms with van der Waals surface area (Å²) in [5.41, 5.74) is 4.88. The maximum absolute atomic E-state index is 13.3. The van der Waals surface area contributed by atoms with Gasteiger partial charge in [-0.05, 0) is 25.7 Å². The van der Waals surface area contributed by atoms with Crippen LogP contribution < -0.4 is 21.9 Å². The minimum Gasteiger partial charge on any atom is -0.383 e. The SMILES string of the molecule is CCCCN(C(=O)C1CCN(S(C)(=O)=O)CC1)c1c(N)n(CCC)c(=O)[nH]c1=O. The number of hydrogen-bond acceptors (Lipinski definition) is 6. The Morgan fingerprint density at radius 1 is 1.21 bits per heavy atom. The molecule has 2 rings (SSSR count). The predicted octanol–water partition coefficient (Wildman–Crippen LogP) is 0.334. The standard InChI is InChI=1S/C18H31N5O5S/c1-4-6-10-22(14-15(19)23(9-5-2)18(26)20-16(14)24)17(25)13-7-11-21(12-8-13)29(3,27)28/h13H,4-12,19H2,1-3H3,(H,20,24,26). The van der Waals surface area contributed by atoms with E-state index < -0.39 is 27.2 Å². The Morgan fingerprint density at radius 2 is 1.83 bits per heavy atom. The molecule has 3 N–H and O–H groups in total. The molecular weight excluding hydrogens is 398 g/mol.